The van der Waals surface area contributed by atoms with E-state index in [2.05, 4.69) is 46.7 Å². The van der Waals surface area contributed by atoms with Crippen LogP contribution in [0, 0.1) is 12.8 Å². The van der Waals surface area contributed by atoms with Gasteiger partial charge in [-0.1, -0.05) is 36.4 Å². The molecule has 2 aromatic carbocycles. The molecule has 0 unspecified atom stereocenters. The van der Waals surface area contributed by atoms with Crippen LogP contribution in [-0.2, 0) is 17.9 Å². The van der Waals surface area contributed by atoms with Gasteiger partial charge >= 0.3 is 0 Å². The van der Waals surface area contributed by atoms with Gasteiger partial charge in [0.15, 0.2) is 0 Å². The van der Waals surface area contributed by atoms with E-state index in [1.165, 1.54) is 11.1 Å². The fourth-order valence-electron chi connectivity index (χ4n) is 4.08. The van der Waals surface area contributed by atoms with Gasteiger partial charge in [-0.3, -0.25) is 14.5 Å². The first-order valence-corrected chi connectivity index (χ1v) is 11.1. The van der Waals surface area contributed by atoms with E-state index >= 15 is 0 Å². The zero-order valence-electron chi connectivity index (χ0n) is 18.3. The Morgan fingerprint density at radius 1 is 1.00 bits per heavy atom. The molecule has 1 aliphatic rings. The Balaban J connectivity index is 1.31. The number of benzene rings is 2. The van der Waals surface area contributed by atoms with Crippen molar-refractivity contribution in [1.29, 1.82) is 0 Å². The number of aryl methyl sites for hydroxylation is 1. The second kappa shape index (κ2) is 10.3. The van der Waals surface area contributed by atoms with E-state index in [0.29, 0.717) is 23.6 Å². The number of furan rings is 1. The van der Waals surface area contributed by atoms with Crippen LogP contribution in [0.1, 0.15) is 40.1 Å². The van der Waals surface area contributed by atoms with Gasteiger partial charge in [-0.2, -0.15) is 0 Å². The average Bonchev–Trinajstić information content (AvgIpc) is 3.33. The number of rotatable bonds is 7. The maximum absolute atomic E-state index is 12.9. The summed E-state index contributed by atoms with van der Waals surface area (Å²) in [4.78, 5) is 28.0. The SMILES string of the molecule is Cc1ccccc1CN1CCC(C(=O)Nc2ccccc2C(=O)NCc2ccco2)CC1. The number of para-hydroxylation sites is 1. The number of carbonyl (C=O) groups excluding carboxylic acids is 2. The van der Waals surface area contributed by atoms with Crippen molar-refractivity contribution in [1.82, 2.24) is 10.2 Å². The highest BCUT2D eigenvalue weighted by atomic mass is 16.3. The molecule has 0 radical (unpaired) electrons. The first-order valence-electron chi connectivity index (χ1n) is 11.1. The third-order valence-corrected chi connectivity index (χ3v) is 6.05. The lowest BCUT2D eigenvalue weighted by atomic mass is 9.95. The Kier molecular flexibility index (Phi) is 7.02. The largest absolute Gasteiger partial charge is 0.467 e. The minimum absolute atomic E-state index is 0.0215. The topological polar surface area (TPSA) is 74.6 Å². The van der Waals surface area contributed by atoms with Crippen molar-refractivity contribution in [3.63, 3.8) is 0 Å². The minimum Gasteiger partial charge on any atom is -0.467 e. The van der Waals surface area contributed by atoms with E-state index in [1.807, 2.05) is 6.07 Å². The molecule has 0 saturated carbocycles. The van der Waals surface area contributed by atoms with Crippen LogP contribution in [0.4, 0.5) is 5.69 Å². The molecular formula is C26H29N3O3. The Bertz CT molecular complexity index is 1050. The summed E-state index contributed by atoms with van der Waals surface area (Å²) < 4.78 is 5.26. The van der Waals surface area contributed by atoms with Gasteiger partial charge in [0.2, 0.25) is 5.91 Å². The summed E-state index contributed by atoms with van der Waals surface area (Å²) in [7, 11) is 0. The maximum Gasteiger partial charge on any atom is 0.253 e. The van der Waals surface area contributed by atoms with Crippen molar-refractivity contribution in [3.05, 3.63) is 89.4 Å². The van der Waals surface area contributed by atoms with Crippen LogP contribution in [0.25, 0.3) is 0 Å². The lowest BCUT2D eigenvalue weighted by Gasteiger charge is -2.31. The summed E-state index contributed by atoms with van der Waals surface area (Å²) in [6, 6.07) is 19.1. The number of hydrogen-bond acceptors (Lipinski definition) is 4. The van der Waals surface area contributed by atoms with E-state index in [1.54, 1.807) is 36.6 Å². The molecule has 3 aromatic rings. The Labute approximate surface area is 188 Å². The van der Waals surface area contributed by atoms with Gasteiger partial charge < -0.3 is 15.1 Å². The zero-order chi connectivity index (χ0) is 22.3. The molecule has 0 aliphatic carbocycles. The Morgan fingerprint density at radius 2 is 1.75 bits per heavy atom. The summed E-state index contributed by atoms with van der Waals surface area (Å²) in [5, 5.41) is 5.82. The normalized spacial score (nSPS) is 14.8. The lowest BCUT2D eigenvalue weighted by molar-refractivity contribution is -0.121. The number of nitrogens with zero attached hydrogens (tertiary/aromatic N) is 1. The Morgan fingerprint density at radius 3 is 2.50 bits per heavy atom. The minimum atomic E-state index is -0.245. The molecule has 1 aliphatic heterocycles. The monoisotopic (exact) mass is 431 g/mol. The molecule has 6 heteroatoms. The average molecular weight is 432 g/mol. The van der Waals surface area contributed by atoms with Crippen LogP contribution in [0.15, 0.2) is 71.3 Å². The molecule has 6 nitrogen and oxygen atoms in total. The molecule has 166 valence electrons. The van der Waals surface area contributed by atoms with Crippen LogP contribution in [0.2, 0.25) is 0 Å². The number of amides is 2. The number of hydrogen-bond donors (Lipinski definition) is 2. The molecule has 0 bridgehead atoms. The summed E-state index contributed by atoms with van der Waals surface area (Å²) in [5.74, 6) is 0.358. The molecule has 2 amide bonds. The third kappa shape index (κ3) is 5.45. The maximum atomic E-state index is 12.9. The van der Waals surface area contributed by atoms with E-state index < -0.39 is 0 Å². The second-order valence-electron chi connectivity index (χ2n) is 8.27. The first kappa shape index (κ1) is 21.8. The quantitative estimate of drug-likeness (QED) is 0.583. The van der Waals surface area contributed by atoms with Crippen molar-refractivity contribution >= 4 is 17.5 Å². The lowest BCUT2D eigenvalue weighted by Crippen LogP contribution is -2.38. The molecule has 4 rings (SSSR count). The first-order chi connectivity index (χ1) is 15.6. The molecule has 32 heavy (non-hydrogen) atoms. The molecule has 0 atom stereocenters. The van der Waals surface area contributed by atoms with Crippen LogP contribution < -0.4 is 10.6 Å². The van der Waals surface area contributed by atoms with Crippen LogP contribution in [0.3, 0.4) is 0 Å². The van der Waals surface area contributed by atoms with Gasteiger partial charge in [0.05, 0.1) is 24.1 Å². The molecule has 1 aromatic heterocycles. The van der Waals surface area contributed by atoms with Crippen molar-refractivity contribution in [2.45, 2.75) is 32.9 Å². The third-order valence-electron chi connectivity index (χ3n) is 6.05. The number of likely N-dealkylation sites (tertiary alicyclic amines) is 1. The summed E-state index contributed by atoms with van der Waals surface area (Å²) in [6.45, 7) is 5.13. The van der Waals surface area contributed by atoms with Crippen LogP contribution in [0.5, 0.6) is 0 Å². The highest BCUT2D eigenvalue weighted by Gasteiger charge is 2.26. The standard InChI is InChI=1S/C26H29N3O3/c1-19-7-2-3-8-21(19)18-29-14-12-20(13-15-29)25(30)28-24-11-5-4-10-23(24)26(31)27-17-22-9-6-16-32-22/h2-11,16,20H,12-15,17-18H2,1H3,(H,27,31)(H,28,30). The smallest absolute Gasteiger partial charge is 0.253 e. The van der Waals surface area contributed by atoms with E-state index in [9.17, 15) is 9.59 Å². The molecule has 0 spiro atoms. The van der Waals surface area contributed by atoms with Crippen molar-refractivity contribution in [3.8, 4) is 0 Å². The number of nitrogens with one attached hydrogen (secondary N) is 2. The van der Waals surface area contributed by atoms with Gasteiger partial charge in [0.25, 0.3) is 5.91 Å². The predicted molar refractivity (Wildman–Crippen MR) is 124 cm³/mol. The summed E-state index contributed by atoms with van der Waals surface area (Å²) in [6.07, 6.45) is 3.19. The predicted octanol–water partition coefficient (Wildman–Crippen LogP) is 4.37. The fraction of sp³-hybridized carbons (Fsp3) is 0.308. The second-order valence-corrected chi connectivity index (χ2v) is 8.27. The molecule has 1 saturated heterocycles. The van der Waals surface area contributed by atoms with Gasteiger partial charge in [0, 0.05) is 12.5 Å². The van der Waals surface area contributed by atoms with Crippen LogP contribution in [-0.4, -0.2) is 29.8 Å². The van der Waals surface area contributed by atoms with Gasteiger partial charge in [-0.25, -0.2) is 0 Å². The molecule has 2 heterocycles. The van der Waals surface area contributed by atoms with E-state index in [0.717, 1.165) is 32.5 Å². The Hall–Kier alpha value is -3.38. The van der Waals surface area contributed by atoms with E-state index in [4.69, 9.17) is 4.42 Å². The molecule has 2 N–H and O–H groups in total. The number of carbonyl (C=O) groups is 2. The summed E-state index contributed by atoms with van der Waals surface area (Å²) in [5.41, 5.74) is 3.63. The van der Waals surface area contributed by atoms with Crippen LogP contribution >= 0.6 is 0 Å². The van der Waals surface area contributed by atoms with Crippen molar-refractivity contribution < 1.29 is 14.0 Å². The fourth-order valence-corrected chi connectivity index (χ4v) is 4.08. The van der Waals surface area contributed by atoms with Crippen molar-refractivity contribution in [2.24, 2.45) is 5.92 Å². The highest BCUT2D eigenvalue weighted by Crippen LogP contribution is 2.23. The zero-order valence-corrected chi connectivity index (χ0v) is 18.3. The highest BCUT2D eigenvalue weighted by molar-refractivity contribution is 6.04. The molecule has 1 fully saturated rings. The van der Waals surface area contributed by atoms with E-state index in [-0.39, 0.29) is 17.7 Å². The van der Waals surface area contributed by atoms with Gasteiger partial charge in [-0.15, -0.1) is 0 Å². The summed E-state index contributed by atoms with van der Waals surface area (Å²) >= 11 is 0. The number of piperidine rings is 1. The van der Waals surface area contributed by atoms with Gasteiger partial charge in [-0.05, 0) is 68.2 Å². The number of anilines is 1. The van der Waals surface area contributed by atoms with Gasteiger partial charge in [0.1, 0.15) is 5.76 Å². The molecular weight excluding hydrogens is 402 g/mol. The van der Waals surface area contributed by atoms with Crippen molar-refractivity contribution in [2.75, 3.05) is 18.4 Å².